The lowest BCUT2D eigenvalue weighted by Gasteiger charge is -2.56. The van der Waals surface area contributed by atoms with Crippen LogP contribution in [0.3, 0.4) is 0 Å². The average Bonchev–Trinajstić information content (AvgIpc) is 2.38. The van der Waals surface area contributed by atoms with Gasteiger partial charge in [0.15, 0.2) is 0 Å². The fraction of sp³-hybridized carbons (Fsp3) is 0.750. The first-order valence-corrected chi connectivity index (χ1v) is 7.65. The third-order valence-corrected chi connectivity index (χ3v) is 5.26. The number of nitriles is 1. The van der Waals surface area contributed by atoms with Gasteiger partial charge in [0.05, 0.1) is 6.07 Å². The van der Waals surface area contributed by atoms with E-state index in [1.54, 1.807) is 0 Å². The molecule has 0 radical (unpaired) electrons. The molecule has 0 spiro atoms. The molecule has 0 bridgehead atoms. The van der Waals surface area contributed by atoms with Crippen LogP contribution in [0.5, 0.6) is 0 Å². The van der Waals surface area contributed by atoms with Crippen LogP contribution in [0.15, 0.2) is 11.1 Å². The van der Waals surface area contributed by atoms with Gasteiger partial charge < -0.3 is 0 Å². The first-order valence-electron chi connectivity index (χ1n) is 7.27. The summed E-state index contributed by atoms with van der Waals surface area (Å²) in [5.74, 6) is 0.335. The zero-order valence-corrected chi connectivity index (χ0v) is 13.0. The van der Waals surface area contributed by atoms with Crippen LogP contribution in [0.2, 0.25) is 0 Å². The Labute approximate surface area is 121 Å². The minimum Gasteiger partial charge on any atom is -0.299 e. The molecule has 0 amide bonds. The number of allylic oxidation sites excluding steroid dienone is 2. The highest BCUT2D eigenvalue weighted by atomic mass is 35.5. The van der Waals surface area contributed by atoms with Crippen LogP contribution in [0, 0.1) is 22.2 Å². The molecule has 1 rings (SSSR count). The third-order valence-electron chi connectivity index (χ3n) is 4.74. The smallest absolute Gasteiger partial charge is 0.140 e. The molecule has 1 atom stereocenters. The third kappa shape index (κ3) is 2.72. The van der Waals surface area contributed by atoms with E-state index in [4.69, 9.17) is 16.9 Å². The Hall–Kier alpha value is -0.810. The van der Waals surface area contributed by atoms with Crippen LogP contribution in [-0.4, -0.2) is 5.78 Å². The van der Waals surface area contributed by atoms with E-state index in [1.807, 2.05) is 6.07 Å². The lowest BCUT2D eigenvalue weighted by Crippen LogP contribution is -2.58. The lowest BCUT2D eigenvalue weighted by atomic mass is 9.46. The molecule has 0 aromatic carbocycles. The van der Waals surface area contributed by atoms with Crippen molar-refractivity contribution < 1.29 is 4.79 Å². The summed E-state index contributed by atoms with van der Waals surface area (Å²) in [6, 6.07) is 2.00. The normalized spacial score (nSPS) is 25.8. The van der Waals surface area contributed by atoms with Gasteiger partial charge in [0.25, 0.3) is 0 Å². The second-order valence-corrected chi connectivity index (χ2v) is 6.25. The highest BCUT2D eigenvalue weighted by Gasteiger charge is 2.62. The molecule has 1 saturated carbocycles. The molecule has 0 aliphatic heterocycles. The molecule has 0 aromatic rings. The molecular weight excluding hydrogens is 258 g/mol. The number of unbranched alkanes of at least 4 members (excludes halogenated alkanes) is 2. The maximum Gasteiger partial charge on any atom is 0.140 e. The van der Waals surface area contributed by atoms with Gasteiger partial charge in [-0.25, -0.2) is 0 Å². The minimum absolute atomic E-state index is 0.328. The maximum atomic E-state index is 12.3. The standard InChI is InChI=1S/C16H24ClNO/c1-4-6-9-16(10-7-5-2)14(19)12-15(16,3)13(17)8-11-18/h8H,4-7,9-10,12H2,1-3H3. The van der Waals surface area contributed by atoms with E-state index in [1.165, 1.54) is 6.08 Å². The first kappa shape index (κ1) is 16.2. The molecule has 2 nitrogen and oxygen atoms in total. The van der Waals surface area contributed by atoms with Gasteiger partial charge in [0.2, 0.25) is 0 Å². The van der Waals surface area contributed by atoms with Crippen LogP contribution >= 0.6 is 11.6 Å². The van der Waals surface area contributed by atoms with Crippen molar-refractivity contribution in [3.05, 3.63) is 11.1 Å². The number of hydrogen-bond acceptors (Lipinski definition) is 2. The zero-order chi connectivity index (χ0) is 14.5. The number of nitrogens with zero attached hydrogens (tertiary/aromatic N) is 1. The molecule has 19 heavy (non-hydrogen) atoms. The van der Waals surface area contributed by atoms with Crippen LogP contribution in [0.1, 0.15) is 65.7 Å². The summed E-state index contributed by atoms with van der Waals surface area (Å²) in [4.78, 5) is 12.3. The summed E-state index contributed by atoms with van der Waals surface area (Å²) in [6.07, 6.45) is 7.93. The van der Waals surface area contributed by atoms with Crippen molar-refractivity contribution in [1.29, 1.82) is 5.26 Å². The molecule has 106 valence electrons. The monoisotopic (exact) mass is 281 g/mol. The molecule has 0 N–H and O–H groups in total. The van der Waals surface area contributed by atoms with Gasteiger partial charge in [-0.3, -0.25) is 4.79 Å². The summed E-state index contributed by atoms with van der Waals surface area (Å²) in [6.45, 7) is 6.33. The van der Waals surface area contributed by atoms with E-state index in [-0.39, 0.29) is 10.8 Å². The van der Waals surface area contributed by atoms with E-state index in [2.05, 4.69) is 20.8 Å². The van der Waals surface area contributed by atoms with Crippen LogP contribution in [0.4, 0.5) is 0 Å². The molecule has 1 fully saturated rings. The predicted molar refractivity (Wildman–Crippen MR) is 78.8 cm³/mol. The van der Waals surface area contributed by atoms with Crippen molar-refractivity contribution in [2.24, 2.45) is 10.8 Å². The molecule has 1 aliphatic carbocycles. The molecule has 1 unspecified atom stereocenters. The van der Waals surface area contributed by atoms with Crippen LogP contribution < -0.4 is 0 Å². The van der Waals surface area contributed by atoms with Crippen molar-refractivity contribution in [3.63, 3.8) is 0 Å². The molecule has 0 heterocycles. The number of carbonyl (C=O) groups excluding carboxylic acids is 1. The molecule has 0 saturated heterocycles. The van der Waals surface area contributed by atoms with E-state index in [0.717, 1.165) is 38.5 Å². The predicted octanol–water partition coefficient (Wildman–Crippen LogP) is 4.98. The topological polar surface area (TPSA) is 40.9 Å². The second kappa shape index (κ2) is 6.57. The molecular formula is C16H24ClNO. The lowest BCUT2D eigenvalue weighted by molar-refractivity contribution is -0.156. The summed E-state index contributed by atoms with van der Waals surface area (Å²) in [5, 5.41) is 9.37. The van der Waals surface area contributed by atoms with Gasteiger partial charge in [-0.1, -0.05) is 58.1 Å². The van der Waals surface area contributed by atoms with Crippen LogP contribution in [-0.2, 0) is 4.79 Å². The first-order chi connectivity index (χ1) is 8.98. The fourth-order valence-electron chi connectivity index (χ4n) is 3.30. The summed E-state index contributed by atoms with van der Waals surface area (Å²) < 4.78 is 0. The van der Waals surface area contributed by atoms with Gasteiger partial charge in [-0.2, -0.15) is 5.26 Å². The Morgan fingerprint density at radius 1 is 1.37 bits per heavy atom. The van der Waals surface area contributed by atoms with Crippen molar-refractivity contribution >= 4 is 17.4 Å². The van der Waals surface area contributed by atoms with E-state index >= 15 is 0 Å². The number of rotatable bonds is 7. The number of hydrogen-bond donors (Lipinski definition) is 0. The SMILES string of the molecule is CCCCC1(CCCC)C(=O)CC1(C)C(Cl)=CC#N. The van der Waals surface area contributed by atoms with E-state index < -0.39 is 0 Å². The van der Waals surface area contributed by atoms with E-state index in [0.29, 0.717) is 17.2 Å². The highest BCUT2D eigenvalue weighted by molar-refractivity contribution is 6.31. The van der Waals surface area contributed by atoms with Crippen molar-refractivity contribution in [3.8, 4) is 6.07 Å². The Morgan fingerprint density at radius 2 is 1.89 bits per heavy atom. The van der Waals surface area contributed by atoms with Gasteiger partial charge in [0, 0.05) is 28.4 Å². The van der Waals surface area contributed by atoms with Gasteiger partial charge in [-0.05, 0) is 12.8 Å². The summed E-state index contributed by atoms with van der Waals surface area (Å²) >= 11 is 6.32. The molecule has 3 heteroatoms. The molecule has 1 aliphatic rings. The Kier molecular flexibility index (Phi) is 5.62. The zero-order valence-electron chi connectivity index (χ0n) is 12.3. The molecule has 0 aromatic heterocycles. The van der Waals surface area contributed by atoms with Crippen molar-refractivity contribution in [2.75, 3.05) is 0 Å². The maximum absolute atomic E-state index is 12.3. The Balaban J connectivity index is 3.06. The minimum atomic E-state index is -0.330. The van der Waals surface area contributed by atoms with Gasteiger partial charge in [-0.15, -0.1) is 0 Å². The average molecular weight is 282 g/mol. The van der Waals surface area contributed by atoms with Crippen molar-refractivity contribution in [2.45, 2.75) is 65.7 Å². The van der Waals surface area contributed by atoms with E-state index in [9.17, 15) is 4.79 Å². The Morgan fingerprint density at radius 3 is 2.26 bits per heavy atom. The fourth-order valence-corrected chi connectivity index (χ4v) is 3.60. The largest absolute Gasteiger partial charge is 0.299 e. The number of carbonyl (C=O) groups is 1. The number of halogens is 1. The second-order valence-electron chi connectivity index (χ2n) is 5.84. The summed E-state index contributed by atoms with van der Waals surface area (Å²) in [7, 11) is 0. The Bertz CT molecular complexity index is 399. The quantitative estimate of drug-likeness (QED) is 0.618. The van der Waals surface area contributed by atoms with Gasteiger partial charge >= 0.3 is 0 Å². The highest BCUT2D eigenvalue weighted by Crippen LogP contribution is 2.63. The number of ketones is 1. The van der Waals surface area contributed by atoms with Crippen molar-refractivity contribution in [1.82, 2.24) is 0 Å². The van der Waals surface area contributed by atoms with Gasteiger partial charge in [0.1, 0.15) is 5.78 Å². The number of Topliss-reactive ketones (excluding diaryl/α,β-unsaturated/α-hetero) is 1. The summed E-state index contributed by atoms with van der Waals surface area (Å²) in [5.41, 5.74) is -0.658. The van der Waals surface area contributed by atoms with Crippen LogP contribution in [0.25, 0.3) is 0 Å².